The van der Waals surface area contributed by atoms with Crippen LogP contribution in [0.5, 0.6) is 0 Å². The third-order valence-corrected chi connectivity index (χ3v) is 4.55. The van der Waals surface area contributed by atoms with Crippen LogP contribution in [0.25, 0.3) is 0 Å². The lowest BCUT2D eigenvalue weighted by Gasteiger charge is -2.45. The van der Waals surface area contributed by atoms with Gasteiger partial charge in [0, 0.05) is 24.7 Å². The van der Waals surface area contributed by atoms with Crippen molar-refractivity contribution in [2.24, 2.45) is 5.92 Å². The second kappa shape index (κ2) is 5.68. The largest absolute Gasteiger partial charge is 0.378 e. The van der Waals surface area contributed by atoms with Crippen molar-refractivity contribution in [1.29, 1.82) is 0 Å². The van der Waals surface area contributed by atoms with Gasteiger partial charge in [0.2, 0.25) is 0 Å². The van der Waals surface area contributed by atoms with Gasteiger partial charge in [0.15, 0.2) is 0 Å². The molecular weight excluding hydrogens is 212 g/mol. The molecular formula is C14H28N2O. The van der Waals surface area contributed by atoms with E-state index in [2.05, 4.69) is 31.1 Å². The quantitative estimate of drug-likeness (QED) is 0.815. The average molecular weight is 240 g/mol. The smallest absolute Gasteiger partial charge is 0.0645 e. The molecule has 0 aromatic carbocycles. The summed E-state index contributed by atoms with van der Waals surface area (Å²) in [6, 6.07) is 0.724. The van der Waals surface area contributed by atoms with Crippen LogP contribution in [-0.4, -0.2) is 49.8 Å². The van der Waals surface area contributed by atoms with Gasteiger partial charge >= 0.3 is 0 Å². The second-order valence-corrected chi connectivity index (χ2v) is 6.25. The van der Waals surface area contributed by atoms with E-state index in [1.54, 1.807) is 0 Å². The Bertz CT molecular complexity index is 242. The van der Waals surface area contributed by atoms with E-state index in [1.165, 1.54) is 32.2 Å². The molecule has 1 saturated heterocycles. The SMILES string of the molecule is CNC1CCCCC1CN1CCOCC1(C)C. The number of rotatable bonds is 3. The van der Waals surface area contributed by atoms with E-state index < -0.39 is 0 Å². The van der Waals surface area contributed by atoms with Gasteiger partial charge in [-0.1, -0.05) is 12.8 Å². The van der Waals surface area contributed by atoms with E-state index in [0.29, 0.717) is 0 Å². The van der Waals surface area contributed by atoms with Gasteiger partial charge in [0.25, 0.3) is 0 Å². The molecule has 0 radical (unpaired) electrons. The van der Waals surface area contributed by atoms with Crippen LogP contribution in [0.3, 0.4) is 0 Å². The van der Waals surface area contributed by atoms with Crippen molar-refractivity contribution in [3.05, 3.63) is 0 Å². The molecule has 3 heteroatoms. The molecule has 2 fully saturated rings. The maximum atomic E-state index is 5.60. The van der Waals surface area contributed by atoms with Gasteiger partial charge in [-0.05, 0) is 39.7 Å². The van der Waals surface area contributed by atoms with Crippen LogP contribution in [0, 0.1) is 5.92 Å². The summed E-state index contributed by atoms with van der Waals surface area (Å²) in [5.41, 5.74) is 0.216. The Morgan fingerprint density at radius 3 is 2.76 bits per heavy atom. The second-order valence-electron chi connectivity index (χ2n) is 6.25. The van der Waals surface area contributed by atoms with Crippen molar-refractivity contribution in [3.63, 3.8) is 0 Å². The minimum Gasteiger partial charge on any atom is -0.378 e. The van der Waals surface area contributed by atoms with Crippen molar-refractivity contribution < 1.29 is 4.74 Å². The van der Waals surface area contributed by atoms with E-state index in [0.717, 1.165) is 31.7 Å². The molecule has 3 nitrogen and oxygen atoms in total. The van der Waals surface area contributed by atoms with Crippen LogP contribution in [-0.2, 0) is 4.74 Å². The molecule has 100 valence electrons. The summed E-state index contributed by atoms with van der Waals surface area (Å²) in [5, 5.41) is 3.51. The van der Waals surface area contributed by atoms with Crippen molar-refractivity contribution in [2.45, 2.75) is 51.1 Å². The zero-order valence-electron chi connectivity index (χ0n) is 11.7. The van der Waals surface area contributed by atoms with Crippen LogP contribution < -0.4 is 5.32 Å². The van der Waals surface area contributed by atoms with Crippen LogP contribution in [0.1, 0.15) is 39.5 Å². The topological polar surface area (TPSA) is 24.5 Å². The summed E-state index contributed by atoms with van der Waals surface area (Å²) in [7, 11) is 2.12. The summed E-state index contributed by atoms with van der Waals surface area (Å²) in [6.07, 6.45) is 5.55. The Kier molecular flexibility index (Phi) is 4.45. The maximum Gasteiger partial charge on any atom is 0.0645 e. The molecule has 2 unspecified atom stereocenters. The summed E-state index contributed by atoms with van der Waals surface area (Å²) < 4.78 is 5.60. The fourth-order valence-corrected chi connectivity index (χ4v) is 3.32. The van der Waals surface area contributed by atoms with Gasteiger partial charge in [-0.2, -0.15) is 0 Å². The van der Waals surface area contributed by atoms with Crippen molar-refractivity contribution in [3.8, 4) is 0 Å². The maximum absolute atomic E-state index is 5.60. The number of ether oxygens (including phenoxy) is 1. The third-order valence-electron chi connectivity index (χ3n) is 4.55. The van der Waals surface area contributed by atoms with Crippen molar-refractivity contribution in [2.75, 3.05) is 33.4 Å². The van der Waals surface area contributed by atoms with E-state index >= 15 is 0 Å². The van der Waals surface area contributed by atoms with Gasteiger partial charge < -0.3 is 10.1 Å². The Labute approximate surface area is 106 Å². The molecule has 1 saturated carbocycles. The third kappa shape index (κ3) is 3.21. The molecule has 2 aliphatic rings. The Hall–Kier alpha value is -0.120. The van der Waals surface area contributed by atoms with Gasteiger partial charge in [-0.25, -0.2) is 0 Å². The first-order valence-corrected chi connectivity index (χ1v) is 7.13. The zero-order valence-corrected chi connectivity index (χ0v) is 11.7. The average Bonchev–Trinajstić information content (AvgIpc) is 2.32. The number of nitrogens with zero attached hydrogens (tertiary/aromatic N) is 1. The Balaban J connectivity index is 1.93. The summed E-state index contributed by atoms with van der Waals surface area (Å²) in [6.45, 7) is 8.73. The zero-order chi connectivity index (χ0) is 12.3. The lowest BCUT2D eigenvalue weighted by molar-refractivity contribution is -0.0608. The van der Waals surface area contributed by atoms with E-state index in [4.69, 9.17) is 4.74 Å². The molecule has 1 aliphatic heterocycles. The van der Waals surface area contributed by atoms with Crippen LogP contribution in [0.15, 0.2) is 0 Å². The molecule has 1 N–H and O–H groups in total. The van der Waals surface area contributed by atoms with Gasteiger partial charge in [0.05, 0.1) is 13.2 Å². The standard InChI is InChI=1S/C14H28N2O/c1-14(2)11-17-9-8-16(14)10-12-6-4-5-7-13(12)15-3/h12-13,15H,4-11H2,1-3H3. The first-order valence-electron chi connectivity index (χ1n) is 7.13. The molecule has 0 aromatic rings. The van der Waals surface area contributed by atoms with Crippen molar-refractivity contribution >= 4 is 0 Å². The molecule has 2 atom stereocenters. The molecule has 1 aliphatic carbocycles. The first-order chi connectivity index (χ1) is 8.13. The molecule has 0 amide bonds. The van der Waals surface area contributed by atoms with E-state index in [1.807, 2.05) is 0 Å². The normalized spacial score (nSPS) is 34.8. The number of morpholine rings is 1. The number of hydrogen-bond acceptors (Lipinski definition) is 3. The monoisotopic (exact) mass is 240 g/mol. The number of hydrogen-bond donors (Lipinski definition) is 1. The highest BCUT2D eigenvalue weighted by Gasteiger charge is 2.34. The predicted molar refractivity (Wildman–Crippen MR) is 71.3 cm³/mol. The van der Waals surface area contributed by atoms with Gasteiger partial charge in [-0.3, -0.25) is 4.90 Å². The van der Waals surface area contributed by atoms with Crippen molar-refractivity contribution in [1.82, 2.24) is 10.2 Å². The van der Waals surface area contributed by atoms with Crippen LogP contribution in [0.2, 0.25) is 0 Å². The minimum atomic E-state index is 0.216. The minimum absolute atomic E-state index is 0.216. The van der Waals surface area contributed by atoms with E-state index in [9.17, 15) is 0 Å². The summed E-state index contributed by atoms with van der Waals surface area (Å²) in [4.78, 5) is 2.64. The molecule has 0 aromatic heterocycles. The fourth-order valence-electron chi connectivity index (χ4n) is 3.32. The first kappa shape index (κ1) is 13.3. The highest BCUT2D eigenvalue weighted by atomic mass is 16.5. The fraction of sp³-hybridized carbons (Fsp3) is 1.00. The lowest BCUT2D eigenvalue weighted by atomic mass is 9.83. The molecule has 0 bridgehead atoms. The number of nitrogens with one attached hydrogen (secondary N) is 1. The van der Waals surface area contributed by atoms with Gasteiger partial charge in [0.1, 0.15) is 0 Å². The van der Waals surface area contributed by atoms with Gasteiger partial charge in [-0.15, -0.1) is 0 Å². The highest BCUT2D eigenvalue weighted by molar-refractivity contribution is 4.89. The lowest BCUT2D eigenvalue weighted by Crippen LogP contribution is -2.56. The molecule has 2 rings (SSSR count). The predicted octanol–water partition coefficient (Wildman–Crippen LogP) is 1.88. The summed E-state index contributed by atoms with van der Waals surface area (Å²) in [5.74, 6) is 0.825. The van der Waals surface area contributed by atoms with Crippen LogP contribution in [0.4, 0.5) is 0 Å². The Morgan fingerprint density at radius 1 is 1.29 bits per heavy atom. The van der Waals surface area contributed by atoms with E-state index in [-0.39, 0.29) is 5.54 Å². The van der Waals surface area contributed by atoms with Crippen LogP contribution >= 0.6 is 0 Å². The highest BCUT2D eigenvalue weighted by Crippen LogP contribution is 2.28. The summed E-state index contributed by atoms with van der Waals surface area (Å²) >= 11 is 0. The molecule has 17 heavy (non-hydrogen) atoms. The Morgan fingerprint density at radius 2 is 2.06 bits per heavy atom. The molecule has 0 spiro atoms. The molecule has 1 heterocycles.